The SMILES string of the molecule is COCOc1cc(N(CCNCCO[Si](C)(C)C(C)(C)C)C(=O)OC(C)(C)C)cc2c1C(=O)O[C@@H](C)[C@H](C)/C=C\[C@@H](OCc1ccc(OC)cc1)[C@H]1OC(C)(C)O[C@H]1C/C=C/2. The maximum absolute atomic E-state index is 14.3. The fraction of sp³-hybridized carbons (Fsp3) is 0.617. The van der Waals surface area contributed by atoms with Crippen LogP contribution in [0.15, 0.2) is 54.6 Å². The van der Waals surface area contributed by atoms with Crippen molar-refractivity contribution in [1.82, 2.24) is 5.32 Å². The monoisotopic (exact) mass is 868 g/mol. The second kappa shape index (κ2) is 21.5. The number of benzene rings is 2. The Morgan fingerprint density at radius 1 is 0.984 bits per heavy atom. The van der Waals surface area contributed by atoms with Gasteiger partial charge in [-0.15, -0.1) is 0 Å². The highest BCUT2D eigenvalue weighted by Gasteiger charge is 2.45. The van der Waals surface area contributed by atoms with Crippen molar-refractivity contribution < 1.29 is 51.9 Å². The van der Waals surface area contributed by atoms with Gasteiger partial charge in [-0.1, -0.05) is 64.1 Å². The van der Waals surface area contributed by atoms with Gasteiger partial charge in [-0.2, -0.15) is 0 Å². The molecule has 5 atom stereocenters. The van der Waals surface area contributed by atoms with Crippen LogP contribution in [0, 0.1) is 5.92 Å². The van der Waals surface area contributed by atoms with Crippen molar-refractivity contribution >= 4 is 32.1 Å². The minimum absolute atomic E-state index is 0.0993. The van der Waals surface area contributed by atoms with E-state index in [9.17, 15) is 9.59 Å². The van der Waals surface area contributed by atoms with Gasteiger partial charge in [0.15, 0.2) is 20.9 Å². The number of carbonyl (C=O) groups excluding carboxylic acids is 2. The molecule has 340 valence electrons. The van der Waals surface area contributed by atoms with Crippen LogP contribution in [0.5, 0.6) is 11.5 Å². The smallest absolute Gasteiger partial charge is 0.414 e. The molecule has 2 heterocycles. The molecule has 0 aromatic heterocycles. The van der Waals surface area contributed by atoms with Crippen LogP contribution in [0.25, 0.3) is 6.08 Å². The van der Waals surface area contributed by atoms with Crippen molar-refractivity contribution in [3.8, 4) is 11.5 Å². The van der Waals surface area contributed by atoms with Gasteiger partial charge < -0.3 is 47.6 Å². The Balaban J connectivity index is 1.72. The molecule has 0 spiro atoms. The number of esters is 1. The van der Waals surface area contributed by atoms with Gasteiger partial charge in [0.25, 0.3) is 0 Å². The Morgan fingerprint density at radius 3 is 2.33 bits per heavy atom. The summed E-state index contributed by atoms with van der Waals surface area (Å²) in [6.07, 6.45) is 5.70. The average molecular weight is 869 g/mol. The lowest BCUT2D eigenvalue weighted by molar-refractivity contribution is -0.156. The van der Waals surface area contributed by atoms with Crippen LogP contribution in [-0.4, -0.2) is 103 Å². The highest BCUT2D eigenvalue weighted by Crippen LogP contribution is 2.38. The molecular weight excluding hydrogens is 797 g/mol. The minimum atomic E-state index is -1.91. The lowest BCUT2D eigenvalue weighted by Gasteiger charge is -2.36. The Hall–Kier alpha value is -3.76. The highest BCUT2D eigenvalue weighted by molar-refractivity contribution is 6.74. The van der Waals surface area contributed by atoms with E-state index in [1.165, 1.54) is 7.11 Å². The number of methoxy groups -OCH3 is 2. The Labute approximate surface area is 365 Å². The van der Waals surface area contributed by atoms with Gasteiger partial charge in [0.05, 0.1) is 25.5 Å². The zero-order valence-corrected chi connectivity index (χ0v) is 40.0. The van der Waals surface area contributed by atoms with E-state index in [1.54, 1.807) is 24.1 Å². The van der Waals surface area contributed by atoms with Crippen LogP contribution >= 0.6 is 0 Å². The van der Waals surface area contributed by atoms with E-state index >= 15 is 0 Å². The lowest BCUT2D eigenvalue weighted by atomic mass is 9.98. The fourth-order valence-electron chi connectivity index (χ4n) is 6.52. The summed E-state index contributed by atoms with van der Waals surface area (Å²) in [5.41, 5.74) is 1.35. The number of nitrogens with zero attached hydrogens (tertiary/aromatic N) is 1. The number of anilines is 1. The van der Waals surface area contributed by atoms with Crippen molar-refractivity contribution in [3.63, 3.8) is 0 Å². The van der Waals surface area contributed by atoms with E-state index in [2.05, 4.69) is 39.2 Å². The molecule has 0 saturated carbocycles. The highest BCUT2D eigenvalue weighted by atomic mass is 28.4. The number of nitrogens with one attached hydrogen (secondary N) is 1. The molecule has 1 N–H and O–H groups in total. The van der Waals surface area contributed by atoms with Gasteiger partial charge in [-0.3, -0.25) is 4.90 Å². The number of carbonyl (C=O) groups is 2. The van der Waals surface area contributed by atoms with Gasteiger partial charge in [0.1, 0.15) is 41.0 Å². The Morgan fingerprint density at radius 2 is 1.69 bits per heavy atom. The third-order valence-electron chi connectivity index (χ3n) is 11.1. The summed E-state index contributed by atoms with van der Waals surface area (Å²) in [5.74, 6) is -0.713. The number of ether oxygens (including phenoxy) is 8. The fourth-order valence-corrected chi connectivity index (χ4v) is 7.57. The maximum Gasteiger partial charge on any atom is 0.414 e. The summed E-state index contributed by atoms with van der Waals surface area (Å²) < 4.78 is 54.7. The zero-order chi connectivity index (χ0) is 45.2. The number of hydrogen-bond acceptors (Lipinski definition) is 12. The number of hydrogen-bond donors (Lipinski definition) is 1. The molecular formula is C47H72N2O11Si. The summed E-state index contributed by atoms with van der Waals surface area (Å²) in [6.45, 7) is 26.2. The van der Waals surface area contributed by atoms with Crippen LogP contribution in [0.2, 0.25) is 18.1 Å². The van der Waals surface area contributed by atoms with E-state index < -0.39 is 56.2 Å². The Kier molecular flexibility index (Phi) is 17.6. The van der Waals surface area contributed by atoms with Crippen molar-refractivity contribution in [2.45, 2.75) is 136 Å². The first-order chi connectivity index (χ1) is 28.5. The largest absolute Gasteiger partial charge is 0.497 e. The molecule has 61 heavy (non-hydrogen) atoms. The molecule has 13 nitrogen and oxygen atoms in total. The topological polar surface area (TPSA) is 132 Å². The van der Waals surface area contributed by atoms with Gasteiger partial charge >= 0.3 is 12.1 Å². The number of cyclic esters (lactones) is 1. The van der Waals surface area contributed by atoms with E-state index in [0.717, 1.165) is 11.3 Å². The van der Waals surface area contributed by atoms with E-state index in [0.29, 0.717) is 44.0 Å². The molecule has 0 aliphatic carbocycles. The van der Waals surface area contributed by atoms with E-state index in [4.69, 9.17) is 42.3 Å². The maximum atomic E-state index is 14.3. The van der Waals surface area contributed by atoms with Crippen LogP contribution in [0.1, 0.15) is 97.1 Å². The van der Waals surface area contributed by atoms with E-state index in [1.807, 2.05) is 97.0 Å². The summed E-state index contributed by atoms with van der Waals surface area (Å²) in [4.78, 5) is 29.8. The van der Waals surface area contributed by atoms with Crippen molar-refractivity contribution in [2.24, 2.45) is 5.92 Å². The van der Waals surface area contributed by atoms with Crippen LogP contribution in [0.4, 0.5) is 10.5 Å². The lowest BCUT2D eigenvalue weighted by Crippen LogP contribution is -2.43. The summed E-state index contributed by atoms with van der Waals surface area (Å²) in [7, 11) is 1.22. The molecule has 2 aromatic rings. The van der Waals surface area contributed by atoms with Gasteiger partial charge in [0.2, 0.25) is 0 Å². The average Bonchev–Trinajstić information content (AvgIpc) is 3.48. The second-order valence-corrected chi connectivity index (χ2v) is 23.5. The van der Waals surface area contributed by atoms with Crippen molar-refractivity contribution in [1.29, 1.82) is 0 Å². The van der Waals surface area contributed by atoms with Crippen LogP contribution < -0.4 is 19.7 Å². The third-order valence-corrected chi connectivity index (χ3v) is 15.6. The first-order valence-corrected chi connectivity index (χ1v) is 24.3. The first-order valence-electron chi connectivity index (χ1n) is 21.3. The third kappa shape index (κ3) is 14.7. The molecule has 0 bridgehead atoms. The van der Waals surface area contributed by atoms with E-state index in [-0.39, 0.29) is 35.6 Å². The molecule has 1 amide bonds. The van der Waals surface area contributed by atoms with Crippen LogP contribution in [-0.2, 0) is 39.5 Å². The first kappa shape index (κ1) is 49.9. The van der Waals surface area contributed by atoms with Crippen molar-refractivity contribution in [3.05, 3.63) is 71.3 Å². The normalized spacial score (nSPS) is 23.2. The predicted molar refractivity (Wildman–Crippen MR) is 241 cm³/mol. The predicted octanol–water partition coefficient (Wildman–Crippen LogP) is 9.29. The molecule has 1 fully saturated rings. The van der Waals surface area contributed by atoms with Crippen LogP contribution in [0.3, 0.4) is 0 Å². The van der Waals surface area contributed by atoms with Crippen molar-refractivity contribution in [2.75, 3.05) is 52.2 Å². The summed E-state index contributed by atoms with van der Waals surface area (Å²) in [5, 5.41) is 3.53. The number of rotatable bonds is 15. The molecule has 2 aliphatic rings. The molecule has 4 rings (SSSR count). The summed E-state index contributed by atoms with van der Waals surface area (Å²) >= 11 is 0. The van der Waals surface area contributed by atoms with Gasteiger partial charge in [-0.25, -0.2) is 9.59 Å². The van der Waals surface area contributed by atoms with Gasteiger partial charge in [0, 0.05) is 45.3 Å². The number of fused-ring (bicyclic) bond motifs is 2. The molecule has 2 aromatic carbocycles. The summed E-state index contributed by atoms with van der Waals surface area (Å²) in [6, 6.07) is 11.2. The molecule has 1 saturated heterocycles. The Bertz CT molecular complexity index is 1800. The minimum Gasteiger partial charge on any atom is -0.497 e. The standard InChI is InChI=1S/C47H72N2O11Si/c1-32-18-23-38(54-30-34-19-21-37(53-12)22-20-34)42-39(58-47(9,10)59-42)17-15-16-35-28-36(29-40(55-31-52-11)41(35)43(50)57-33(32)2)49(44(51)60-45(3,4)5)26-24-48-25-27-56-61(13,14)46(6,7)8/h15-16,18-23,28-29,32-33,38-39,42,48H,17,24-27,30-31H2,1-14H3/b16-15+,23-18-/t32-,33+,38-,39+,42-/m1/s1. The molecule has 14 heteroatoms. The molecule has 0 radical (unpaired) electrons. The molecule has 2 aliphatic heterocycles. The second-order valence-electron chi connectivity index (χ2n) is 18.7. The molecule has 0 unspecified atom stereocenters. The zero-order valence-electron chi connectivity index (χ0n) is 39.0. The van der Waals surface area contributed by atoms with Gasteiger partial charge in [-0.05, 0) is 95.4 Å². The quantitative estimate of drug-likeness (QED) is 0.0602. The number of amides is 1.